The third kappa shape index (κ3) is 4.92. The Morgan fingerprint density at radius 3 is 2.53 bits per heavy atom. The maximum absolute atomic E-state index is 13.6. The minimum absolute atomic E-state index is 0.00667. The minimum atomic E-state index is -4.10. The second-order valence-corrected chi connectivity index (χ2v) is 9.68. The second kappa shape index (κ2) is 9.77. The predicted octanol–water partition coefficient (Wildman–Crippen LogP) is 1.56. The van der Waals surface area contributed by atoms with Gasteiger partial charge in [0, 0.05) is 13.2 Å². The number of rotatable bonds is 7. The highest BCUT2D eigenvalue weighted by atomic mass is 32.2. The molecule has 10 heteroatoms. The Morgan fingerprint density at radius 2 is 1.94 bits per heavy atom. The normalized spacial score (nSPS) is 27.2. The monoisotopic (exact) mass is 467 g/mol. The van der Waals surface area contributed by atoms with Crippen molar-refractivity contribution in [1.29, 1.82) is 0 Å². The predicted molar refractivity (Wildman–Crippen MR) is 114 cm³/mol. The summed E-state index contributed by atoms with van der Waals surface area (Å²) in [5.74, 6) is 4.31. The summed E-state index contributed by atoms with van der Waals surface area (Å²) in [5.41, 5.74) is 0. The molecule has 0 bridgehead atoms. The van der Waals surface area contributed by atoms with Gasteiger partial charge in [0.2, 0.25) is 10.0 Å². The molecular weight excluding hydrogens is 438 g/mol. The standard InChI is InChI=1S/C22H29NO8S/c1-6-8-13-29-15-9-11-16(12-10-15)32(25,26)23-14-17-19(31-22(3,4)30-17)20(28-7-2)18(23)21(24)27-5/h9-12,17-20H,7,13-14H2,1-5H3/t17-,18+,19-,20-/m0/s1. The van der Waals surface area contributed by atoms with Crippen molar-refractivity contribution in [2.45, 2.75) is 62.7 Å². The highest BCUT2D eigenvalue weighted by molar-refractivity contribution is 7.89. The number of hydrogen-bond acceptors (Lipinski definition) is 8. The van der Waals surface area contributed by atoms with Gasteiger partial charge in [-0.25, -0.2) is 8.42 Å². The summed E-state index contributed by atoms with van der Waals surface area (Å²) in [4.78, 5) is 12.8. The Bertz CT molecular complexity index is 979. The average Bonchev–Trinajstić information content (AvgIpc) is 3.07. The van der Waals surface area contributed by atoms with Crippen molar-refractivity contribution in [2.75, 3.05) is 26.9 Å². The molecule has 0 spiro atoms. The van der Waals surface area contributed by atoms with Crippen molar-refractivity contribution < 1.29 is 36.9 Å². The van der Waals surface area contributed by atoms with Crippen LogP contribution in [0.25, 0.3) is 0 Å². The Hall–Kier alpha value is -2.16. The van der Waals surface area contributed by atoms with Gasteiger partial charge in [0.15, 0.2) is 11.8 Å². The zero-order valence-electron chi connectivity index (χ0n) is 18.9. The van der Waals surface area contributed by atoms with E-state index in [1.807, 2.05) is 0 Å². The summed E-state index contributed by atoms with van der Waals surface area (Å²) in [6.07, 6.45) is -2.11. The van der Waals surface area contributed by atoms with E-state index in [4.69, 9.17) is 23.7 Å². The SMILES string of the molecule is CC#CCOc1ccc(S(=O)(=O)N2C[C@@H]3OC(C)(C)O[C@@H]3[C@@H](OCC)[C@@H]2C(=O)OC)cc1. The summed E-state index contributed by atoms with van der Waals surface area (Å²) >= 11 is 0. The molecule has 2 fully saturated rings. The number of hydrogen-bond donors (Lipinski definition) is 0. The van der Waals surface area contributed by atoms with Crippen LogP contribution >= 0.6 is 0 Å². The van der Waals surface area contributed by atoms with Gasteiger partial charge in [-0.2, -0.15) is 4.31 Å². The van der Waals surface area contributed by atoms with Crippen LogP contribution in [-0.4, -0.2) is 75.7 Å². The molecule has 1 aromatic rings. The molecule has 0 amide bonds. The average molecular weight is 468 g/mol. The van der Waals surface area contributed by atoms with E-state index in [1.165, 1.54) is 19.2 Å². The molecule has 9 nitrogen and oxygen atoms in total. The van der Waals surface area contributed by atoms with Crippen molar-refractivity contribution in [1.82, 2.24) is 4.31 Å². The van der Waals surface area contributed by atoms with Gasteiger partial charge in [-0.15, -0.1) is 5.92 Å². The smallest absolute Gasteiger partial charge is 0.327 e. The molecule has 1 aromatic carbocycles. The Kier molecular flexibility index (Phi) is 7.47. The zero-order valence-corrected chi connectivity index (χ0v) is 19.7. The van der Waals surface area contributed by atoms with E-state index in [-0.39, 0.29) is 24.7 Å². The molecule has 0 aromatic heterocycles. The number of ether oxygens (including phenoxy) is 5. The van der Waals surface area contributed by atoms with Crippen LogP contribution in [-0.2, 0) is 33.8 Å². The van der Waals surface area contributed by atoms with Crippen LogP contribution in [0.1, 0.15) is 27.7 Å². The first-order chi connectivity index (χ1) is 15.1. The molecule has 2 saturated heterocycles. The highest BCUT2D eigenvalue weighted by Gasteiger charge is 2.58. The van der Waals surface area contributed by atoms with Crippen LogP contribution in [0.3, 0.4) is 0 Å². The molecular formula is C22H29NO8S. The van der Waals surface area contributed by atoms with E-state index >= 15 is 0 Å². The molecule has 0 radical (unpaired) electrons. The van der Waals surface area contributed by atoms with Crippen LogP contribution in [0.4, 0.5) is 0 Å². The first-order valence-corrected chi connectivity index (χ1v) is 11.8. The highest BCUT2D eigenvalue weighted by Crippen LogP contribution is 2.39. The van der Waals surface area contributed by atoms with Crippen molar-refractivity contribution in [3.8, 4) is 17.6 Å². The maximum Gasteiger partial charge on any atom is 0.327 e. The van der Waals surface area contributed by atoms with Crippen LogP contribution in [0.15, 0.2) is 29.2 Å². The fourth-order valence-electron chi connectivity index (χ4n) is 3.95. The third-order valence-corrected chi connectivity index (χ3v) is 7.11. The summed E-state index contributed by atoms with van der Waals surface area (Å²) in [5, 5.41) is 0. The molecule has 3 rings (SSSR count). The Morgan fingerprint density at radius 1 is 1.25 bits per heavy atom. The van der Waals surface area contributed by atoms with E-state index in [0.29, 0.717) is 5.75 Å². The molecule has 0 unspecified atom stereocenters. The van der Waals surface area contributed by atoms with E-state index in [1.54, 1.807) is 39.8 Å². The molecule has 32 heavy (non-hydrogen) atoms. The third-order valence-electron chi connectivity index (χ3n) is 5.25. The zero-order chi connectivity index (χ0) is 23.5. The van der Waals surface area contributed by atoms with Gasteiger partial charge < -0.3 is 23.7 Å². The topological polar surface area (TPSA) is 101 Å². The summed E-state index contributed by atoms with van der Waals surface area (Å²) in [6.45, 7) is 7.32. The summed E-state index contributed by atoms with van der Waals surface area (Å²) in [6, 6.07) is 4.72. The first kappa shape index (κ1) is 24.5. The number of carbonyl (C=O) groups is 1. The van der Waals surface area contributed by atoms with E-state index in [0.717, 1.165) is 4.31 Å². The second-order valence-electron chi connectivity index (χ2n) is 7.79. The van der Waals surface area contributed by atoms with Crippen molar-refractivity contribution in [3.63, 3.8) is 0 Å². The Labute approximate surface area is 189 Å². The first-order valence-electron chi connectivity index (χ1n) is 10.3. The Balaban J connectivity index is 1.96. The van der Waals surface area contributed by atoms with Crippen LogP contribution < -0.4 is 4.74 Å². The number of piperidine rings is 1. The van der Waals surface area contributed by atoms with Gasteiger partial charge in [-0.1, -0.05) is 5.92 Å². The van der Waals surface area contributed by atoms with Gasteiger partial charge in [-0.05, 0) is 52.0 Å². The van der Waals surface area contributed by atoms with Crippen LogP contribution in [0, 0.1) is 11.8 Å². The van der Waals surface area contributed by atoms with Crippen molar-refractivity contribution in [3.05, 3.63) is 24.3 Å². The molecule has 0 N–H and O–H groups in total. The lowest BCUT2D eigenvalue weighted by Gasteiger charge is -2.42. The number of carbonyl (C=O) groups excluding carboxylic acids is 1. The quantitative estimate of drug-likeness (QED) is 0.440. The molecule has 176 valence electrons. The molecule has 0 saturated carbocycles. The minimum Gasteiger partial charge on any atom is -0.481 e. The van der Waals surface area contributed by atoms with Gasteiger partial charge in [0.05, 0.1) is 12.0 Å². The fraction of sp³-hybridized carbons (Fsp3) is 0.591. The number of sulfonamides is 1. The van der Waals surface area contributed by atoms with Gasteiger partial charge in [0.1, 0.15) is 30.7 Å². The van der Waals surface area contributed by atoms with Crippen LogP contribution in [0.2, 0.25) is 0 Å². The number of nitrogens with zero attached hydrogens (tertiary/aromatic N) is 1. The lowest BCUT2D eigenvalue weighted by molar-refractivity contribution is -0.171. The van der Waals surface area contributed by atoms with E-state index < -0.39 is 46.1 Å². The molecule has 2 aliphatic heterocycles. The molecule has 0 aliphatic carbocycles. The summed E-state index contributed by atoms with van der Waals surface area (Å²) < 4.78 is 56.4. The molecule has 2 aliphatic rings. The maximum atomic E-state index is 13.6. The summed E-state index contributed by atoms with van der Waals surface area (Å²) in [7, 11) is -2.89. The number of methoxy groups -OCH3 is 1. The van der Waals surface area contributed by atoms with Gasteiger partial charge in [-0.3, -0.25) is 4.79 Å². The molecule has 2 heterocycles. The molecule has 4 atom stereocenters. The van der Waals surface area contributed by atoms with Crippen molar-refractivity contribution in [2.24, 2.45) is 0 Å². The number of benzene rings is 1. The lowest BCUT2D eigenvalue weighted by atomic mass is 9.96. The van der Waals surface area contributed by atoms with Gasteiger partial charge in [0.25, 0.3) is 0 Å². The number of esters is 1. The largest absolute Gasteiger partial charge is 0.481 e. The lowest BCUT2D eigenvalue weighted by Crippen LogP contribution is -2.65. The number of fused-ring (bicyclic) bond motifs is 1. The van der Waals surface area contributed by atoms with E-state index in [9.17, 15) is 13.2 Å². The van der Waals surface area contributed by atoms with Crippen LogP contribution in [0.5, 0.6) is 5.75 Å². The fourth-order valence-corrected chi connectivity index (χ4v) is 5.55. The van der Waals surface area contributed by atoms with Gasteiger partial charge >= 0.3 is 5.97 Å². The van der Waals surface area contributed by atoms with E-state index in [2.05, 4.69) is 11.8 Å². The van der Waals surface area contributed by atoms with Crippen molar-refractivity contribution >= 4 is 16.0 Å².